The minimum Gasteiger partial charge on any atom is -0.320 e. The maximum atomic E-state index is 14.6. The Morgan fingerprint density at radius 3 is 2.40 bits per heavy atom. The molecule has 3 heterocycles. The zero-order valence-electron chi connectivity index (χ0n) is 25.0. The Hall–Kier alpha value is -5.10. The fourth-order valence-corrected chi connectivity index (χ4v) is 6.87. The van der Waals surface area contributed by atoms with Crippen molar-refractivity contribution >= 4 is 23.6 Å². The molecule has 7 rings (SSSR count). The minimum atomic E-state index is -4.85. The van der Waals surface area contributed by atoms with Crippen LogP contribution in [-0.2, 0) is 27.2 Å². The fourth-order valence-electron chi connectivity index (χ4n) is 6.87. The van der Waals surface area contributed by atoms with Gasteiger partial charge < -0.3 is 15.1 Å². The van der Waals surface area contributed by atoms with E-state index in [1.807, 2.05) is 0 Å². The van der Waals surface area contributed by atoms with Crippen LogP contribution in [0.25, 0.3) is 11.1 Å². The summed E-state index contributed by atoms with van der Waals surface area (Å²) in [7, 11) is 1.47. The van der Waals surface area contributed by atoms with Crippen LogP contribution in [0.4, 0.5) is 22.4 Å². The number of urea groups is 1. The van der Waals surface area contributed by atoms with Crippen molar-refractivity contribution in [2.45, 2.75) is 48.6 Å². The maximum absolute atomic E-state index is 14.6. The number of Topliss-reactive ketones (excluding diaryl/α,β-unsaturated/α-hetero) is 1. The molecule has 3 aromatic rings. The van der Waals surface area contributed by atoms with Gasteiger partial charge in [-0.25, -0.2) is 9.18 Å². The van der Waals surface area contributed by atoms with Gasteiger partial charge in [-0.1, -0.05) is 24.3 Å². The number of alkyl halides is 3. The molecule has 4 aliphatic rings. The number of nitrogens with one attached hydrogen (secondary N) is 1. The first kappa shape index (κ1) is 30.5. The number of benzene rings is 2. The van der Waals surface area contributed by atoms with Gasteiger partial charge in [-0.2, -0.15) is 23.5 Å². The van der Waals surface area contributed by atoms with Crippen LogP contribution in [0.15, 0.2) is 54.9 Å². The number of nitrogens with zero attached hydrogens (tertiary/aromatic N) is 6. The summed E-state index contributed by atoms with van der Waals surface area (Å²) in [5, 5.41) is 16.3. The minimum absolute atomic E-state index is 0.171. The van der Waals surface area contributed by atoms with Crippen molar-refractivity contribution in [1.29, 1.82) is 5.26 Å². The van der Waals surface area contributed by atoms with Gasteiger partial charge in [-0.05, 0) is 54.8 Å². The molecule has 15 heteroatoms. The number of hydrogen-bond donors (Lipinski definition) is 1. The molecule has 0 radical (unpaired) electrons. The predicted octanol–water partition coefficient (Wildman–Crippen LogP) is 3.31. The molecule has 2 saturated heterocycles. The molecule has 2 aliphatic heterocycles. The molecule has 3 fully saturated rings. The van der Waals surface area contributed by atoms with E-state index < -0.39 is 84.8 Å². The summed E-state index contributed by atoms with van der Waals surface area (Å²) >= 11 is 0. The van der Waals surface area contributed by atoms with E-state index in [-0.39, 0.29) is 16.7 Å². The highest BCUT2D eigenvalue weighted by Crippen LogP contribution is 2.46. The first-order chi connectivity index (χ1) is 22.2. The van der Waals surface area contributed by atoms with Gasteiger partial charge in [-0.15, -0.1) is 0 Å². The lowest BCUT2D eigenvalue weighted by atomic mass is 9.86. The number of halogens is 4. The highest BCUT2D eigenvalue weighted by Gasteiger charge is 2.66. The lowest BCUT2D eigenvalue weighted by molar-refractivity contribution is -0.268. The molecule has 1 atom stereocenters. The molecule has 0 bridgehead atoms. The van der Waals surface area contributed by atoms with Crippen molar-refractivity contribution < 1.29 is 36.7 Å². The summed E-state index contributed by atoms with van der Waals surface area (Å²) in [6.07, 6.45) is -0.672. The standard InChI is InChI=1S/C32H27F4N7O4/c1-40-17-30(18-40,32(34,35)36)42(13-19-2-5-22(33)6-3-19)26(45)15-41-27(46)31(39-28(41)47)11-25(44)23-10-20(4-7-24(23)31)21-12-38-43(14-21)29(16-37)8-9-29/h2-7,10,12,14H,8-9,11,13,15,17-18H2,1H3,(H,39,47)/t31-/m0/s1. The average Bonchev–Trinajstić information content (AvgIpc) is 3.46. The largest absolute Gasteiger partial charge is 0.414 e. The second kappa shape index (κ2) is 10.2. The van der Waals surface area contributed by atoms with Crippen molar-refractivity contribution in [3.63, 3.8) is 0 Å². The maximum Gasteiger partial charge on any atom is 0.414 e. The summed E-state index contributed by atoms with van der Waals surface area (Å²) in [4.78, 5) is 56.6. The number of hydrogen-bond acceptors (Lipinski definition) is 7. The third-order valence-corrected chi connectivity index (χ3v) is 9.62. The molecular formula is C32H27F4N7O4. The molecule has 2 aromatic carbocycles. The van der Waals surface area contributed by atoms with Crippen molar-refractivity contribution in [3.05, 3.63) is 77.4 Å². The van der Waals surface area contributed by atoms with Gasteiger partial charge in [0.25, 0.3) is 5.91 Å². The second-order valence-corrected chi connectivity index (χ2v) is 12.7. The molecule has 0 unspecified atom stereocenters. The third-order valence-electron chi connectivity index (χ3n) is 9.62. The number of carbonyl (C=O) groups is 4. The average molecular weight is 650 g/mol. The van der Waals surface area contributed by atoms with E-state index in [1.54, 1.807) is 29.2 Å². The van der Waals surface area contributed by atoms with Gasteiger partial charge in [0.2, 0.25) is 5.91 Å². The summed E-state index contributed by atoms with van der Waals surface area (Å²) in [5.41, 5.74) is -3.27. The third kappa shape index (κ3) is 4.61. The number of amides is 4. The first-order valence-electron chi connectivity index (χ1n) is 14.8. The van der Waals surface area contributed by atoms with Crippen LogP contribution in [0.2, 0.25) is 0 Å². The normalized spacial score (nSPS) is 22.6. The highest BCUT2D eigenvalue weighted by molar-refractivity contribution is 6.17. The van der Waals surface area contributed by atoms with Crippen molar-refractivity contribution in [3.8, 4) is 17.2 Å². The van der Waals surface area contributed by atoms with Crippen molar-refractivity contribution in [2.24, 2.45) is 0 Å². The molecule has 1 aromatic heterocycles. The summed E-state index contributed by atoms with van der Waals surface area (Å²) < 4.78 is 58.8. The number of nitriles is 1. The molecule has 1 saturated carbocycles. The number of fused-ring (bicyclic) bond motifs is 2. The fraction of sp³-hybridized carbons (Fsp3) is 0.375. The van der Waals surface area contributed by atoms with Gasteiger partial charge in [0.05, 0.1) is 12.3 Å². The van der Waals surface area contributed by atoms with Gasteiger partial charge in [-0.3, -0.25) is 24.0 Å². The monoisotopic (exact) mass is 649 g/mol. The van der Waals surface area contributed by atoms with E-state index in [2.05, 4.69) is 16.5 Å². The number of ketones is 1. The van der Waals surface area contributed by atoms with Crippen LogP contribution in [0.5, 0.6) is 0 Å². The SMILES string of the molecule is CN1CC(N(Cc2ccc(F)cc2)C(=O)CN2C(=O)N[C@]3(CC(=O)c4cc(-c5cnn(C6(C#N)CC6)c5)ccc43)C2=O)(C(F)(F)F)C1. The van der Waals surface area contributed by atoms with Crippen LogP contribution in [0, 0.1) is 17.1 Å². The van der Waals surface area contributed by atoms with Crippen molar-refractivity contribution in [2.75, 3.05) is 26.7 Å². The lowest BCUT2D eigenvalue weighted by Crippen LogP contribution is -2.77. The van der Waals surface area contributed by atoms with Crippen LogP contribution in [0.3, 0.4) is 0 Å². The second-order valence-electron chi connectivity index (χ2n) is 12.7. The Morgan fingerprint density at radius 1 is 1.09 bits per heavy atom. The van der Waals surface area contributed by atoms with Crippen LogP contribution in [-0.4, -0.2) is 86.5 Å². The number of likely N-dealkylation sites (N-methyl/N-ethyl adjacent to an activating group) is 1. The van der Waals surface area contributed by atoms with E-state index in [0.29, 0.717) is 33.8 Å². The smallest absolute Gasteiger partial charge is 0.320 e. The van der Waals surface area contributed by atoms with Crippen LogP contribution < -0.4 is 5.32 Å². The zero-order valence-corrected chi connectivity index (χ0v) is 25.0. The highest BCUT2D eigenvalue weighted by atomic mass is 19.4. The van der Waals surface area contributed by atoms with Crippen molar-refractivity contribution in [1.82, 2.24) is 29.8 Å². The number of rotatable bonds is 7. The molecule has 242 valence electrons. The molecule has 2 aliphatic carbocycles. The van der Waals surface area contributed by atoms with Crippen LogP contribution in [0.1, 0.15) is 40.7 Å². The summed E-state index contributed by atoms with van der Waals surface area (Å²) in [6.45, 7) is -2.61. The molecule has 1 N–H and O–H groups in total. The van der Waals surface area contributed by atoms with Gasteiger partial charge in [0.15, 0.2) is 16.9 Å². The van der Waals surface area contributed by atoms with E-state index in [9.17, 15) is 42.0 Å². The van der Waals surface area contributed by atoms with Gasteiger partial charge >= 0.3 is 12.2 Å². The number of imide groups is 1. The molecule has 1 spiro atoms. The Balaban J connectivity index is 1.17. The summed E-state index contributed by atoms with van der Waals surface area (Å²) in [6, 6.07) is 10.6. The van der Waals surface area contributed by atoms with E-state index in [1.165, 1.54) is 30.1 Å². The summed E-state index contributed by atoms with van der Waals surface area (Å²) in [5.74, 6) is -3.12. The Labute approximate surface area is 265 Å². The topological polar surface area (TPSA) is 132 Å². The van der Waals surface area contributed by atoms with Gasteiger partial charge in [0, 0.05) is 43.4 Å². The van der Waals surface area contributed by atoms with E-state index >= 15 is 0 Å². The van der Waals surface area contributed by atoms with E-state index in [4.69, 9.17) is 0 Å². The Bertz CT molecular complexity index is 1890. The quantitative estimate of drug-likeness (QED) is 0.307. The van der Waals surface area contributed by atoms with Crippen LogP contribution >= 0.6 is 0 Å². The first-order valence-corrected chi connectivity index (χ1v) is 14.8. The number of carbonyl (C=O) groups excluding carboxylic acids is 4. The molecule has 11 nitrogen and oxygen atoms in total. The predicted molar refractivity (Wildman–Crippen MR) is 155 cm³/mol. The molecule has 4 amide bonds. The van der Waals surface area contributed by atoms with Gasteiger partial charge in [0.1, 0.15) is 17.9 Å². The zero-order chi connectivity index (χ0) is 33.5. The molecule has 47 heavy (non-hydrogen) atoms. The van der Waals surface area contributed by atoms with E-state index in [0.717, 1.165) is 12.1 Å². The Kier molecular flexibility index (Phi) is 6.63. The lowest BCUT2D eigenvalue weighted by Gasteiger charge is -2.55. The number of likely N-dealkylation sites (tertiary alicyclic amines) is 1. The molecular weight excluding hydrogens is 622 g/mol. The number of aromatic nitrogens is 2. The Morgan fingerprint density at radius 2 is 1.79 bits per heavy atom.